The number of rotatable bonds is 9. The molecule has 2 atom stereocenters. The van der Waals surface area contributed by atoms with Crippen LogP contribution in [0.1, 0.15) is 26.3 Å². The summed E-state index contributed by atoms with van der Waals surface area (Å²) in [6, 6.07) is 14.2. The van der Waals surface area contributed by atoms with Gasteiger partial charge in [0.2, 0.25) is 0 Å². The van der Waals surface area contributed by atoms with Gasteiger partial charge in [0, 0.05) is 24.7 Å². The second-order valence-electron chi connectivity index (χ2n) is 9.70. The van der Waals surface area contributed by atoms with Gasteiger partial charge in [-0.05, 0) is 56.0 Å². The largest absolute Gasteiger partial charge is 0.463 e. The summed E-state index contributed by atoms with van der Waals surface area (Å²) in [5.41, 5.74) is 8.41. The van der Waals surface area contributed by atoms with Gasteiger partial charge in [-0.25, -0.2) is 0 Å². The number of halogens is 1. The first-order chi connectivity index (χ1) is 16.6. The first-order valence-electron chi connectivity index (χ1n) is 11.9. The van der Waals surface area contributed by atoms with Crippen molar-refractivity contribution in [2.75, 3.05) is 39.5 Å². The lowest BCUT2D eigenvalue weighted by Gasteiger charge is -2.28. The zero-order valence-electron chi connectivity index (χ0n) is 20.7. The van der Waals surface area contributed by atoms with E-state index in [9.17, 15) is 9.59 Å². The van der Waals surface area contributed by atoms with Crippen molar-refractivity contribution in [3.8, 4) is 11.1 Å². The van der Waals surface area contributed by atoms with E-state index in [1.54, 1.807) is 20.8 Å². The molecule has 0 saturated carbocycles. The second-order valence-corrected chi connectivity index (χ2v) is 10.1. The number of benzene rings is 2. The zero-order valence-corrected chi connectivity index (χ0v) is 21.4. The first kappa shape index (κ1) is 27.1. The van der Waals surface area contributed by atoms with Gasteiger partial charge in [0.25, 0.3) is 0 Å². The predicted molar refractivity (Wildman–Crippen MR) is 136 cm³/mol. The van der Waals surface area contributed by atoms with E-state index < -0.39 is 29.5 Å². The number of carbonyl (C=O) groups excluding carboxylic acids is 2. The van der Waals surface area contributed by atoms with Gasteiger partial charge >= 0.3 is 11.9 Å². The Kier molecular flexibility index (Phi) is 9.69. The van der Waals surface area contributed by atoms with Crippen LogP contribution in [0.3, 0.4) is 0 Å². The monoisotopic (exact) mass is 502 g/mol. The van der Waals surface area contributed by atoms with Crippen molar-refractivity contribution in [3.63, 3.8) is 0 Å². The fourth-order valence-corrected chi connectivity index (χ4v) is 4.04. The Morgan fingerprint density at radius 2 is 1.74 bits per heavy atom. The average Bonchev–Trinajstić information content (AvgIpc) is 2.82. The first-order valence-corrected chi connectivity index (χ1v) is 12.3. The Balaban J connectivity index is 1.67. The van der Waals surface area contributed by atoms with Crippen LogP contribution in [0.5, 0.6) is 0 Å². The van der Waals surface area contributed by atoms with E-state index in [0.29, 0.717) is 24.8 Å². The molecule has 7 nitrogen and oxygen atoms in total. The van der Waals surface area contributed by atoms with Gasteiger partial charge in [0.1, 0.15) is 18.2 Å². The average molecular weight is 503 g/mol. The van der Waals surface area contributed by atoms with Crippen molar-refractivity contribution >= 4 is 23.5 Å². The molecule has 2 N–H and O–H groups in total. The van der Waals surface area contributed by atoms with Gasteiger partial charge in [0.15, 0.2) is 0 Å². The minimum absolute atomic E-state index is 0.210. The van der Waals surface area contributed by atoms with Gasteiger partial charge in [-0.3, -0.25) is 14.5 Å². The van der Waals surface area contributed by atoms with Crippen LogP contribution in [0.4, 0.5) is 0 Å². The third-order valence-electron chi connectivity index (χ3n) is 5.74. The molecule has 1 aliphatic rings. The summed E-state index contributed by atoms with van der Waals surface area (Å²) in [5, 5.41) is 0.662. The van der Waals surface area contributed by atoms with Gasteiger partial charge in [0.05, 0.1) is 19.1 Å². The Hall–Kier alpha value is -2.45. The number of esters is 2. The maximum Gasteiger partial charge on any atom is 0.323 e. The third-order valence-corrected chi connectivity index (χ3v) is 5.97. The van der Waals surface area contributed by atoms with Crippen LogP contribution in [0, 0.1) is 5.92 Å². The third kappa shape index (κ3) is 8.61. The number of nitrogens with zero attached hydrogens (tertiary/aromatic N) is 1. The lowest BCUT2D eigenvalue weighted by molar-refractivity contribution is -0.165. The molecule has 0 spiro atoms. The van der Waals surface area contributed by atoms with Crippen LogP contribution in [0.25, 0.3) is 11.1 Å². The lowest BCUT2D eigenvalue weighted by Crippen LogP contribution is -2.47. The topological polar surface area (TPSA) is 91.1 Å². The Labute approximate surface area is 212 Å². The molecular formula is C27H35ClN2O5. The number of ether oxygens (including phenoxy) is 3. The van der Waals surface area contributed by atoms with Crippen LogP contribution >= 0.6 is 11.6 Å². The van der Waals surface area contributed by atoms with Crippen molar-refractivity contribution in [1.82, 2.24) is 4.90 Å². The van der Waals surface area contributed by atoms with E-state index in [-0.39, 0.29) is 13.0 Å². The number of morpholine rings is 1. The molecule has 0 radical (unpaired) electrons. The van der Waals surface area contributed by atoms with E-state index >= 15 is 0 Å². The molecule has 0 aliphatic carbocycles. The van der Waals surface area contributed by atoms with Crippen molar-refractivity contribution < 1.29 is 23.8 Å². The normalized spacial score (nSPS) is 16.4. The van der Waals surface area contributed by atoms with Crippen LogP contribution < -0.4 is 5.73 Å². The maximum absolute atomic E-state index is 13.0. The summed E-state index contributed by atoms with van der Waals surface area (Å²) >= 11 is 6.11. The highest BCUT2D eigenvalue weighted by Crippen LogP contribution is 2.25. The summed E-state index contributed by atoms with van der Waals surface area (Å²) < 4.78 is 16.3. The van der Waals surface area contributed by atoms with Crippen LogP contribution in [-0.4, -0.2) is 67.9 Å². The summed E-state index contributed by atoms with van der Waals surface area (Å²) in [6.07, 6.45) is 0.254. The van der Waals surface area contributed by atoms with Crippen molar-refractivity contribution in [1.29, 1.82) is 0 Å². The van der Waals surface area contributed by atoms with Crippen LogP contribution in [0.2, 0.25) is 5.02 Å². The highest BCUT2D eigenvalue weighted by molar-refractivity contribution is 6.30. The van der Waals surface area contributed by atoms with Gasteiger partial charge in [-0.2, -0.15) is 0 Å². The van der Waals surface area contributed by atoms with E-state index in [2.05, 4.69) is 4.90 Å². The molecule has 2 unspecified atom stereocenters. The molecule has 1 fully saturated rings. The molecule has 0 bridgehead atoms. The molecule has 1 saturated heterocycles. The quantitative estimate of drug-likeness (QED) is 0.522. The number of nitrogens with two attached hydrogens (primary N) is 1. The molecule has 0 amide bonds. The molecule has 0 aromatic heterocycles. The number of hydrogen-bond acceptors (Lipinski definition) is 7. The summed E-state index contributed by atoms with van der Waals surface area (Å²) in [6.45, 7) is 9.11. The number of hydrogen-bond donors (Lipinski definition) is 1. The molecule has 35 heavy (non-hydrogen) atoms. The van der Waals surface area contributed by atoms with Gasteiger partial charge < -0.3 is 19.9 Å². The molecule has 1 heterocycles. The highest BCUT2D eigenvalue weighted by Gasteiger charge is 2.35. The van der Waals surface area contributed by atoms with Crippen molar-refractivity contribution in [2.24, 2.45) is 11.7 Å². The predicted octanol–water partition coefficient (Wildman–Crippen LogP) is 3.71. The lowest BCUT2D eigenvalue weighted by atomic mass is 9.91. The highest BCUT2D eigenvalue weighted by atomic mass is 35.5. The molecule has 8 heteroatoms. The van der Waals surface area contributed by atoms with Crippen molar-refractivity contribution in [3.05, 3.63) is 59.1 Å². The Morgan fingerprint density at radius 3 is 2.37 bits per heavy atom. The van der Waals surface area contributed by atoms with E-state index in [1.807, 2.05) is 48.5 Å². The summed E-state index contributed by atoms with van der Waals surface area (Å²) in [7, 11) is 0. The fourth-order valence-electron chi connectivity index (χ4n) is 3.85. The van der Waals surface area contributed by atoms with Crippen molar-refractivity contribution in [2.45, 2.75) is 38.8 Å². The smallest absolute Gasteiger partial charge is 0.323 e. The molecule has 1 aliphatic heterocycles. The van der Waals surface area contributed by atoms with Gasteiger partial charge in [-0.15, -0.1) is 0 Å². The van der Waals surface area contributed by atoms with E-state index in [0.717, 1.165) is 29.8 Å². The zero-order chi connectivity index (χ0) is 25.4. The maximum atomic E-state index is 13.0. The standard InChI is InChI=1S/C27H35ClN2O5/c1-27(2,3)35-25(31)23(24(29)26(32)34-16-13-30-11-14-33-15-12-30)17-19-7-9-20(10-8-19)21-5-4-6-22(28)18-21/h4-10,18,23-24H,11-17,29H2,1-3H3. The molecule has 2 aromatic carbocycles. The summed E-state index contributed by atoms with van der Waals surface area (Å²) in [5.74, 6) is -2.00. The van der Waals surface area contributed by atoms with Crippen LogP contribution in [-0.2, 0) is 30.2 Å². The minimum atomic E-state index is -1.14. The van der Waals surface area contributed by atoms with E-state index in [4.69, 9.17) is 31.5 Å². The molecular weight excluding hydrogens is 468 g/mol. The van der Waals surface area contributed by atoms with Gasteiger partial charge in [-0.1, -0.05) is 48.0 Å². The second kappa shape index (κ2) is 12.5. The number of carbonyl (C=O) groups is 2. The molecule has 2 aromatic rings. The Morgan fingerprint density at radius 1 is 1.06 bits per heavy atom. The Bertz CT molecular complexity index is 984. The van der Waals surface area contributed by atoms with Crippen LogP contribution in [0.15, 0.2) is 48.5 Å². The summed E-state index contributed by atoms with van der Waals surface area (Å²) in [4.78, 5) is 27.9. The molecule has 190 valence electrons. The molecule has 3 rings (SSSR count). The fraction of sp³-hybridized carbons (Fsp3) is 0.481. The minimum Gasteiger partial charge on any atom is -0.463 e. The SMILES string of the molecule is CC(C)(C)OC(=O)C(Cc1ccc(-c2cccc(Cl)c2)cc1)C(N)C(=O)OCCN1CCOCC1. The van der Waals surface area contributed by atoms with E-state index in [1.165, 1.54) is 0 Å².